The first-order valence-corrected chi connectivity index (χ1v) is 10.8. The van der Waals surface area contributed by atoms with Crippen molar-refractivity contribution in [2.75, 3.05) is 6.61 Å². The molecule has 0 bridgehead atoms. The van der Waals surface area contributed by atoms with E-state index in [2.05, 4.69) is 45.0 Å². The second-order valence-electron chi connectivity index (χ2n) is 8.20. The van der Waals surface area contributed by atoms with Gasteiger partial charge in [-0.25, -0.2) is 0 Å². The Balaban J connectivity index is 2.06. The van der Waals surface area contributed by atoms with Crippen molar-refractivity contribution < 1.29 is 14.9 Å². The van der Waals surface area contributed by atoms with E-state index in [1.54, 1.807) is 24.3 Å². The highest BCUT2D eigenvalue weighted by molar-refractivity contribution is 5.89. The van der Waals surface area contributed by atoms with Gasteiger partial charge in [-0.1, -0.05) is 42.0 Å². The predicted molar refractivity (Wildman–Crippen MR) is 131 cm³/mol. The minimum atomic E-state index is 0.229. The highest BCUT2D eigenvalue weighted by atomic mass is 16.5. The lowest BCUT2D eigenvalue weighted by Gasteiger charge is -2.20. The Morgan fingerprint density at radius 1 is 0.625 bits per heavy atom. The topological polar surface area (TPSA) is 49.7 Å². The van der Waals surface area contributed by atoms with Crippen LogP contribution in [0.4, 0.5) is 0 Å². The average Bonchev–Trinajstić information content (AvgIpc) is 2.75. The predicted octanol–water partition coefficient (Wildman–Crippen LogP) is 7.42. The Hall–Kier alpha value is -3.72. The molecule has 32 heavy (non-hydrogen) atoms. The van der Waals surface area contributed by atoms with Crippen molar-refractivity contribution in [3.8, 4) is 50.6 Å². The molecule has 0 aliphatic carbocycles. The van der Waals surface area contributed by atoms with Gasteiger partial charge in [0.2, 0.25) is 0 Å². The quantitative estimate of drug-likeness (QED) is 0.350. The molecule has 0 radical (unpaired) electrons. The number of rotatable bonds is 5. The van der Waals surface area contributed by atoms with Crippen LogP contribution in [-0.4, -0.2) is 16.8 Å². The number of aryl methyl sites for hydroxylation is 3. The fraction of sp³-hybridized carbons (Fsp3) is 0.172. The molecule has 0 fully saturated rings. The van der Waals surface area contributed by atoms with Gasteiger partial charge in [-0.3, -0.25) is 0 Å². The summed E-state index contributed by atoms with van der Waals surface area (Å²) in [7, 11) is 0. The van der Waals surface area contributed by atoms with Crippen molar-refractivity contribution in [3.63, 3.8) is 0 Å². The van der Waals surface area contributed by atoms with Crippen LogP contribution in [0.2, 0.25) is 0 Å². The van der Waals surface area contributed by atoms with Gasteiger partial charge < -0.3 is 14.9 Å². The SMILES string of the molecule is CCOc1c(-c2ccc(O)cc2)cc(-c2c(C)cc(C)cc2C)cc1-c1ccc(O)cc1. The summed E-state index contributed by atoms with van der Waals surface area (Å²) in [5.41, 5.74) is 9.87. The van der Waals surface area contributed by atoms with Gasteiger partial charge in [0, 0.05) is 11.1 Å². The molecular formula is C29H28O3. The van der Waals surface area contributed by atoms with Crippen LogP contribution in [0, 0.1) is 20.8 Å². The summed E-state index contributed by atoms with van der Waals surface area (Å²) in [5.74, 6) is 1.24. The maximum absolute atomic E-state index is 9.81. The smallest absolute Gasteiger partial charge is 0.134 e. The second-order valence-corrected chi connectivity index (χ2v) is 8.20. The standard InChI is InChI=1S/C29H28O3/c1-5-32-29-26(21-6-10-24(30)11-7-21)16-23(28-19(3)14-18(2)15-20(28)4)17-27(29)22-8-12-25(31)13-9-22/h6-17,30-31H,5H2,1-4H3. The number of phenolic OH excluding ortho intramolecular Hbond substituents is 2. The summed E-state index contributed by atoms with van der Waals surface area (Å²) in [4.78, 5) is 0. The molecule has 2 N–H and O–H groups in total. The van der Waals surface area contributed by atoms with Crippen LogP contribution in [0.25, 0.3) is 33.4 Å². The van der Waals surface area contributed by atoms with Crippen LogP contribution in [0.15, 0.2) is 72.8 Å². The zero-order valence-electron chi connectivity index (χ0n) is 18.9. The molecule has 3 heteroatoms. The monoisotopic (exact) mass is 424 g/mol. The molecule has 4 aromatic rings. The normalized spacial score (nSPS) is 10.9. The minimum Gasteiger partial charge on any atom is -0.508 e. The number of hydrogen-bond acceptors (Lipinski definition) is 3. The van der Waals surface area contributed by atoms with Gasteiger partial charge in [-0.2, -0.15) is 0 Å². The van der Waals surface area contributed by atoms with Gasteiger partial charge in [0.1, 0.15) is 17.2 Å². The van der Waals surface area contributed by atoms with Crippen LogP contribution in [-0.2, 0) is 0 Å². The second kappa shape index (κ2) is 8.80. The van der Waals surface area contributed by atoms with Gasteiger partial charge in [-0.05, 0) is 97.5 Å². The molecule has 0 amide bonds. The maximum Gasteiger partial charge on any atom is 0.134 e. The Morgan fingerprint density at radius 2 is 1.06 bits per heavy atom. The van der Waals surface area contributed by atoms with Crippen molar-refractivity contribution >= 4 is 0 Å². The zero-order chi connectivity index (χ0) is 22.8. The van der Waals surface area contributed by atoms with E-state index in [-0.39, 0.29) is 11.5 Å². The van der Waals surface area contributed by atoms with E-state index in [9.17, 15) is 10.2 Å². The van der Waals surface area contributed by atoms with Crippen molar-refractivity contribution in [2.24, 2.45) is 0 Å². The third-order valence-electron chi connectivity index (χ3n) is 5.70. The van der Waals surface area contributed by atoms with Crippen LogP contribution in [0.5, 0.6) is 17.2 Å². The van der Waals surface area contributed by atoms with E-state index in [1.165, 1.54) is 22.3 Å². The first kappa shape index (κ1) is 21.5. The molecule has 4 rings (SSSR count). The summed E-state index contributed by atoms with van der Waals surface area (Å²) in [6.45, 7) is 8.91. The highest BCUT2D eigenvalue weighted by Crippen LogP contribution is 2.44. The number of hydrogen-bond donors (Lipinski definition) is 2. The van der Waals surface area contributed by atoms with Gasteiger partial charge in [-0.15, -0.1) is 0 Å². The Kier molecular flexibility index (Phi) is 5.91. The van der Waals surface area contributed by atoms with Crippen LogP contribution in [0.3, 0.4) is 0 Å². The molecule has 0 aliphatic heterocycles. The molecule has 0 heterocycles. The fourth-order valence-electron chi connectivity index (χ4n) is 4.42. The molecule has 0 aromatic heterocycles. The van der Waals surface area contributed by atoms with Gasteiger partial charge in [0.05, 0.1) is 6.61 Å². The number of phenols is 2. The zero-order valence-corrected chi connectivity index (χ0v) is 18.9. The van der Waals surface area contributed by atoms with E-state index in [0.29, 0.717) is 6.61 Å². The average molecular weight is 425 g/mol. The lowest BCUT2D eigenvalue weighted by atomic mass is 9.88. The van der Waals surface area contributed by atoms with Crippen molar-refractivity contribution in [1.82, 2.24) is 0 Å². The summed E-state index contributed by atoms with van der Waals surface area (Å²) < 4.78 is 6.18. The van der Waals surface area contributed by atoms with Crippen LogP contribution < -0.4 is 4.74 Å². The highest BCUT2D eigenvalue weighted by Gasteiger charge is 2.18. The molecular weight excluding hydrogens is 396 g/mol. The molecule has 0 atom stereocenters. The number of benzene rings is 4. The molecule has 0 aliphatic rings. The molecule has 4 aromatic carbocycles. The van der Waals surface area contributed by atoms with Gasteiger partial charge >= 0.3 is 0 Å². The van der Waals surface area contributed by atoms with E-state index < -0.39 is 0 Å². The van der Waals surface area contributed by atoms with Crippen LogP contribution in [0.1, 0.15) is 23.6 Å². The van der Waals surface area contributed by atoms with E-state index in [4.69, 9.17) is 4.74 Å². The van der Waals surface area contributed by atoms with Crippen molar-refractivity contribution in [3.05, 3.63) is 89.5 Å². The summed E-state index contributed by atoms with van der Waals surface area (Å²) in [6, 6.07) is 23.2. The van der Waals surface area contributed by atoms with E-state index in [0.717, 1.165) is 33.6 Å². The summed E-state index contributed by atoms with van der Waals surface area (Å²) >= 11 is 0. The number of aromatic hydroxyl groups is 2. The first-order chi connectivity index (χ1) is 15.4. The van der Waals surface area contributed by atoms with E-state index in [1.807, 2.05) is 31.2 Å². The molecule has 0 saturated heterocycles. The molecule has 0 spiro atoms. The lowest BCUT2D eigenvalue weighted by molar-refractivity contribution is 0.343. The minimum absolute atomic E-state index is 0.229. The largest absolute Gasteiger partial charge is 0.508 e. The fourth-order valence-corrected chi connectivity index (χ4v) is 4.42. The Bertz CT molecular complexity index is 1160. The third-order valence-corrected chi connectivity index (χ3v) is 5.70. The number of ether oxygens (including phenoxy) is 1. The summed E-state index contributed by atoms with van der Waals surface area (Å²) in [5, 5.41) is 19.6. The molecule has 3 nitrogen and oxygen atoms in total. The third kappa shape index (κ3) is 4.19. The lowest BCUT2D eigenvalue weighted by Crippen LogP contribution is -1.99. The molecule has 0 saturated carbocycles. The van der Waals surface area contributed by atoms with Crippen molar-refractivity contribution in [1.29, 1.82) is 0 Å². The Labute approximate surface area is 189 Å². The van der Waals surface area contributed by atoms with Gasteiger partial charge in [0.15, 0.2) is 0 Å². The van der Waals surface area contributed by atoms with Gasteiger partial charge in [0.25, 0.3) is 0 Å². The van der Waals surface area contributed by atoms with Crippen molar-refractivity contribution in [2.45, 2.75) is 27.7 Å². The Morgan fingerprint density at radius 3 is 1.47 bits per heavy atom. The molecule has 0 unspecified atom stereocenters. The van der Waals surface area contributed by atoms with Crippen LogP contribution >= 0.6 is 0 Å². The first-order valence-electron chi connectivity index (χ1n) is 10.8. The van der Waals surface area contributed by atoms with E-state index >= 15 is 0 Å². The maximum atomic E-state index is 9.81. The summed E-state index contributed by atoms with van der Waals surface area (Å²) in [6.07, 6.45) is 0. The molecule has 162 valence electrons.